The van der Waals surface area contributed by atoms with E-state index in [2.05, 4.69) is 55.8 Å². The maximum atomic E-state index is 5.97. The molecule has 0 saturated heterocycles. The number of hydrogen-bond donors (Lipinski definition) is 1. The molecule has 3 nitrogen and oxygen atoms in total. The van der Waals surface area contributed by atoms with Crippen LogP contribution in [-0.2, 0) is 5.54 Å². The molecule has 2 N–H and O–H groups in total. The smallest absolute Gasteiger partial charge is 0.192 e. The summed E-state index contributed by atoms with van der Waals surface area (Å²) in [6, 6.07) is 6.59. The zero-order chi connectivity index (χ0) is 12.6. The molecule has 17 heavy (non-hydrogen) atoms. The van der Waals surface area contributed by atoms with Crippen molar-refractivity contribution in [3.8, 4) is 0 Å². The molecule has 0 saturated carbocycles. The van der Waals surface area contributed by atoms with E-state index in [9.17, 15) is 0 Å². The van der Waals surface area contributed by atoms with Crippen molar-refractivity contribution in [1.82, 2.24) is 4.90 Å². The van der Waals surface area contributed by atoms with Gasteiger partial charge in [0, 0.05) is 6.54 Å². The van der Waals surface area contributed by atoms with Crippen LogP contribution in [0.4, 0.5) is 0 Å². The predicted molar refractivity (Wildman–Crippen MR) is 72.1 cm³/mol. The van der Waals surface area contributed by atoms with Crippen molar-refractivity contribution in [2.24, 2.45) is 10.7 Å². The topological polar surface area (TPSA) is 41.6 Å². The first-order valence-corrected chi connectivity index (χ1v) is 6.14. The van der Waals surface area contributed by atoms with Crippen LogP contribution < -0.4 is 5.73 Å². The Balaban J connectivity index is 2.49. The van der Waals surface area contributed by atoms with E-state index in [1.165, 1.54) is 16.7 Å². The van der Waals surface area contributed by atoms with Crippen molar-refractivity contribution in [1.29, 1.82) is 0 Å². The maximum absolute atomic E-state index is 5.97. The van der Waals surface area contributed by atoms with Crippen LogP contribution in [0.5, 0.6) is 0 Å². The summed E-state index contributed by atoms with van der Waals surface area (Å²) in [4.78, 5) is 6.60. The zero-order valence-electron chi connectivity index (χ0n) is 11.1. The first kappa shape index (κ1) is 12.0. The van der Waals surface area contributed by atoms with Gasteiger partial charge in [0.1, 0.15) is 0 Å². The van der Waals surface area contributed by atoms with E-state index in [0.717, 1.165) is 13.1 Å². The van der Waals surface area contributed by atoms with Crippen molar-refractivity contribution in [2.45, 2.75) is 33.2 Å². The fourth-order valence-electron chi connectivity index (χ4n) is 2.72. The van der Waals surface area contributed by atoms with Gasteiger partial charge in [0.15, 0.2) is 5.96 Å². The highest BCUT2D eigenvalue weighted by atomic mass is 15.3. The quantitative estimate of drug-likeness (QED) is 0.847. The summed E-state index contributed by atoms with van der Waals surface area (Å²) in [6.45, 7) is 10.3. The third kappa shape index (κ3) is 1.79. The maximum Gasteiger partial charge on any atom is 0.192 e. The summed E-state index contributed by atoms with van der Waals surface area (Å²) >= 11 is 0. The second-order valence-corrected chi connectivity index (χ2v) is 5.01. The highest BCUT2D eigenvalue weighted by Crippen LogP contribution is 2.34. The summed E-state index contributed by atoms with van der Waals surface area (Å²) in [5, 5.41) is 0. The van der Waals surface area contributed by atoms with E-state index in [-0.39, 0.29) is 5.54 Å². The molecule has 1 aromatic rings. The number of nitrogens with two attached hydrogens (primary N) is 1. The Bertz CT molecular complexity index is 465. The first-order chi connectivity index (χ1) is 7.99. The fraction of sp³-hybridized carbons (Fsp3) is 0.500. The van der Waals surface area contributed by atoms with Gasteiger partial charge in [-0.15, -0.1) is 0 Å². The van der Waals surface area contributed by atoms with Gasteiger partial charge < -0.3 is 10.6 Å². The minimum atomic E-state index is -0.0884. The van der Waals surface area contributed by atoms with Gasteiger partial charge in [-0.2, -0.15) is 0 Å². The Morgan fingerprint density at radius 3 is 2.76 bits per heavy atom. The lowest BCUT2D eigenvalue weighted by molar-refractivity contribution is 0.234. The highest BCUT2D eigenvalue weighted by molar-refractivity contribution is 5.81. The van der Waals surface area contributed by atoms with Gasteiger partial charge in [0.25, 0.3) is 0 Å². The van der Waals surface area contributed by atoms with Gasteiger partial charge >= 0.3 is 0 Å². The second kappa shape index (κ2) is 4.06. The molecule has 0 aliphatic carbocycles. The van der Waals surface area contributed by atoms with Crippen LogP contribution in [0.3, 0.4) is 0 Å². The summed E-state index contributed by atoms with van der Waals surface area (Å²) in [5.41, 5.74) is 9.81. The number of nitrogens with zero attached hydrogens (tertiary/aromatic N) is 2. The third-order valence-corrected chi connectivity index (χ3v) is 3.71. The molecule has 1 atom stereocenters. The molecule has 92 valence electrons. The van der Waals surface area contributed by atoms with Crippen molar-refractivity contribution in [2.75, 3.05) is 13.1 Å². The Kier molecular flexibility index (Phi) is 2.86. The van der Waals surface area contributed by atoms with Gasteiger partial charge in [-0.05, 0) is 38.8 Å². The van der Waals surface area contributed by atoms with Crippen LogP contribution in [0.1, 0.15) is 30.5 Å². The monoisotopic (exact) mass is 231 g/mol. The Hall–Kier alpha value is -1.51. The van der Waals surface area contributed by atoms with E-state index in [4.69, 9.17) is 5.73 Å². The average molecular weight is 231 g/mol. The molecule has 2 rings (SSSR count). The SMILES string of the molecule is CCN1C(N)=NCC1(C)c1cc(C)ccc1C. The molecule has 0 aromatic heterocycles. The van der Waals surface area contributed by atoms with E-state index in [0.29, 0.717) is 5.96 Å². The van der Waals surface area contributed by atoms with E-state index in [1.807, 2.05) is 0 Å². The van der Waals surface area contributed by atoms with Gasteiger partial charge in [-0.1, -0.05) is 23.8 Å². The second-order valence-electron chi connectivity index (χ2n) is 5.01. The van der Waals surface area contributed by atoms with Crippen LogP contribution >= 0.6 is 0 Å². The Morgan fingerprint density at radius 1 is 1.41 bits per heavy atom. The van der Waals surface area contributed by atoms with Gasteiger partial charge in [0.05, 0.1) is 12.1 Å². The third-order valence-electron chi connectivity index (χ3n) is 3.71. The van der Waals surface area contributed by atoms with E-state index in [1.54, 1.807) is 0 Å². The minimum absolute atomic E-state index is 0.0884. The summed E-state index contributed by atoms with van der Waals surface area (Å²) in [5.74, 6) is 0.663. The van der Waals surface area contributed by atoms with E-state index >= 15 is 0 Å². The summed E-state index contributed by atoms with van der Waals surface area (Å²) < 4.78 is 0. The van der Waals surface area contributed by atoms with E-state index < -0.39 is 0 Å². The van der Waals surface area contributed by atoms with Crippen LogP contribution in [0.25, 0.3) is 0 Å². The molecule has 1 aromatic carbocycles. The molecule has 0 amide bonds. The number of benzene rings is 1. The number of likely N-dealkylation sites (N-methyl/N-ethyl adjacent to an activating group) is 1. The first-order valence-electron chi connectivity index (χ1n) is 6.14. The van der Waals surface area contributed by atoms with Crippen LogP contribution in [-0.4, -0.2) is 23.9 Å². The molecular weight excluding hydrogens is 210 g/mol. The normalized spacial score (nSPS) is 24.0. The summed E-state index contributed by atoms with van der Waals surface area (Å²) in [6.07, 6.45) is 0. The highest BCUT2D eigenvalue weighted by Gasteiger charge is 2.39. The molecule has 0 bridgehead atoms. The van der Waals surface area contributed by atoms with Gasteiger partial charge in [0.2, 0.25) is 0 Å². The fourth-order valence-corrected chi connectivity index (χ4v) is 2.72. The van der Waals surface area contributed by atoms with Gasteiger partial charge in [-0.3, -0.25) is 4.99 Å². The standard InChI is InChI=1S/C14H21N3/c1-5-17-13(15)16-9-14(17,4)12-8-10(2)6-7-11(12)3/h6-8H,5,9H2,1-4H3,(H2,15,16). The van der Waals surface area contributed by atoms with Gasteiger partial charge in [-0.25, -0.2) is 0 Å². The molecule has 3 heteroatoms. The van der Waals surface area contributed by atoms with Crippen molar-refractivity contribution < 1.29 is 0 Å². The Labute approximate surface area is 103 Å². The lowest BCUT2D eigenvalue weighted by Crippen LogP contribution is -2.47. The van der Waals surface area contributed by atoms with Crippen LogP contribution in [0, 0.1) is 13.8 Å². The predicted octanol–water partition coefficient (Wildman–Crippen LogP) is 2.17. The molecule has 1 heterocycles. The molecule has 1 unspecified atom stereocenters. The average Bonchev–Trinajstić information content (AvgIpc) is 2.59. The number of guanidine groups is 1. The van der Waals surface area contributed by atoms with Crippen molar-refractivity contribution in [3.05, 3.63) is 34.9 Å². The van der Waals surface area contributed by atoms with Crippen LogP contribution in [0.15, 0.2) is 23.2 Å². The molecular formula is C14H21N3. The Morgan fingerprint density at radius 2 is 2.12 bits per heavy atom. The molecule has 1 aliphatic rings. The minimum Gasteiger partial charge on any atom is -0.370 e. The molecule has 0 spiro atoms. The molecule has 1 aliphatic heterocycles. The largest absolute Gasteiger partial charge is 0.370 e. The lowest BCUT2D eigenvalue weighted by atomic mass is 9.86. The lowest BCUT2D eigenvalue weighted by Gasteiger charge is -2.37. The van der Waals surface area contributed by atoms with Crippen LogP contribution in [0.2, 0.25) is 0 Å². The van der Waals surface area contributed by atoms with Crippen molar-refractivity contribution in [3.63, 3.8) is 0 Å². The molecule has 0 radical (unpaired) electrons. The number of aliphatic imine (C=N–C) groups is 1. The number of aryl methyl sites for hydroxylation is 2. The number of hydrogen-bond acceptors (Lipinski definition) is 3. The van der Waals surface area contributed by atoms with Crippen molar-refractivity contribution >= 4 is 5.96 Å². The zero-order valence-corrected chi connectivity index (χ0v) is 11.1. The molecule has 0 fully saturated rings. The number of rotatable bonds is 2. The summed E-state index contributed by atoms with van der Waals surface area (Å²) in [7, 11) is 0.